The number of morpholine rings is 1. The molecule has 0 unspecified atom stereocenters. The van der Waals surface area contributed by atoms with E-state index in [4.69, 9.17) is 18.9 Å². The van der Waals surface area contributed by atoms with Crippen molar-refractivity contribution in [1.82, 2.24) is 34.8 Å². The summed E-state index contributed by atoms with van der Waals surface area (Å²) in [4.78, 5) is 79.0. The molecule has 74 heavy (non-hydrogen) atoms. The highest BCUT2D eigenvalue weighted by Crippen LogP contribution is 2.67. The van der Waals surface area contributed by atoms with Gasteiger partial charge in [0.15, 0.2) is 0 Å². The molecule has 0 radical (unpaired) electrons. The Kier molecular flexibility index (Phi) is 13.3. The molecule has 3 fully saturated rings. The predicted molar refractivity (Wildman–Crippen MR) is 269 cm³/mol. The molecule has 0 saturated carbocycles. The number of rotatable bonds is 12. The summed E-state index contributed by atoms with van der Waals surface area (Å²) in [6.07, 6.45) is 1.36. The van der Waals surface area contributed by atoms with E-state index in [9.17, 15) is 9.90 Å². The number of carbonyl (C=O) groups is 4. The van der Waals surface area contributed by atoms with Crippen LogP contribution in [0.1, 0.15) is 46.0 Å². The monoisotopic (exact) mass is 993 g/mol. The van der Waals surface area contributed by atoms with Gasteiger partial charge in [-0.15, -0.1) is 5.10 Å². The van der Waals surface area contributed by atoms with E-state index in [1.165, 1.54) is 7.11 Å². The third-order valence-electron chi connectivity index (χ3n) is 14.3. The Hall–Kier alpha value is -8.50. The number of hydrogen-bond acceptors (Lipinski definition) is 15. The highest BCUT2D eigenvalue weighted by molar-refractivity contribution is 6.23. The molecular formula is C56H51N9O9. The second-order valence-corrected chi connectivity index (χ2v) is 18.3. The van der Waals surface area contributed by atoms with E-state index in [-0.39, 0.29) is 57.3 Å². The number of methoxy groups -OCH3 is 1. The number of amides is 3. The predicted octanol–water partition coefficient (Wildman–Crippen LogP) is 5.44. The first-order valence-electron chi connectivity index (χ1n) is 24.5. The number of hydrogen-bond donors (Lipinski definition) is 1. The van der Waals surface area contributed by atoms with Gasteiger partial charge in [0.2, 0.25) is 17.8 Å². The Morgan fingerprint density at radius 3 is 2.27 bits per heavy atom. The third-order valence-corrected chi connectivity index (χ3v) is 14.3. The number of benzene rings is 5. The molecule has 5 aromatic carbocycles. The van der Waals surface area contributed by atoms with Crippen LogP contribution in [0.4, 0.5) is 16.4 Å². The fraction of sp³-hybridized carbons (Fsp3) is 0.286. The van der Waals surface area contributed by atoms with Crippen molar-refractivity contribution >= 4 is 46.5 Å². The standard InChI is InChI=1S/C56H51N9O9/c1-71-34-35-73-55(70)64-43-24-23-37(14-12-27-63-44-21-10-9-20-42(44)59-60-63)36-41(43)56(53(64)69)46(51(67)61-28-30-62(31-29-61)54-57-25-13-26-58-54)48-52(68)74-49(39-17-6-3-7-18-39)47(38-15-4-2-5-16-38)65(48)50(56)40-19-8-11-22-45(40)72-33-32-66/h2-11,13,15-26,36,46-50,66H,27-35H2,1H3/t46-,47-,48-,49+,50+,56-/m1/s1. The zero-order valence-electron chi connectivity index (χ0n) is 40.3. The number of anilines is 2. The van der Waals surface area contributed by atoms with Crippen molar-refractivity contribution in [1.29, 1.82) is 0 Å². The Morgan fingerprint density at radius 2 is 1.51 bits per heavy atom. The number of cyclic esters (lactones) is 1. The fourth-order valence-corrected chi connectivity index (χ4v) is 11.2. The van der Waals surface area contributed by atoms with Gasteiger partial charge in [-0.3, -0.25) is 19.3 Å². The number of ether oxygens (including phenoxy) is 4. The molecule has 0 bridgehead atoms. The lowest BCUT2D eigenvalue weighted by Gasteiger charge is -2.46. The Balaban J connectivity index is 1.16. The van der Waals surface area contributed by atoms with Gasteiger partial charge in [0.05, 0.1) is 42.4 Å². The maximum absolute atomic E-state index is 16.7. The fourth-order valence-electron chi connectivity index (χ4n) is 11.2. The number of aromatic nitrogens is 5. The number of piperazine rings is 1. The van der Waals surface area contributed by atoms with Crippen molar-refractivity contribution < 1.29 is 43.2 Å². The molecule has 3 saturated heterocycles. The van der Waals surface area contributed by atoms with E-state index < -0.39 is 59.4 Å². The second-order valence-electron chi connectivity index (χ2n) is 18.3. The first-order chi connectivity index (χ1) is 36.3. The molecule has 18 heteroatoms. The normalized spacial score (nSPS) is 22.2. The highest BCUT2D eigenvalue weighted by Gasteiger charge is 2.76. The number of para-hydroxylation sites is 2. The van der Waals surface area contributed by atoms with E-state index in [0.29, 0.717) is 47.0 Å². The van der Waals surface area contributed by atoms with Gasteiger partial charge in [-0.2, -0.15) is 0 Å². The Bertz CT molecular complexity index is 3270. The zero-order valence-corrected chi connectivity index (χ0v) is 40.3. The van der Waals surface area contributed by atoms with Crippen LogP contribution in [-0.2, 0) is 40.6 Å². The van der Waals surface area contributed by atoms with Crippen molar-refractivity contribution in [2.45, 2.75) is 36.2 Å². The van der Waals surface area contributed by atoms with E-state index in [1.807, 2.05) is 94.7 Å². The first kappa shape index (κ1) is 47.8. The lowest BCUT2D eigenvalue weighted by atomic mass is 9.64. The molecule has 1 N–H and O–H groups in total. The molecule has 0 aliphatic carbocycles. The molecule has 6 atom stereocenters. The molecule has 374 valence electrons. The summed E-state index contributed by atoms with van der Waals surface area (Å²) in [6.45, 7) is 0.656. The van der Waals surface area contributed by atoms with E-state index in [1.54, 1.807) is 70.5 Å². The largest absolute Gasteiger partial charge is 0.491 e. The van der Waals surface area contributed by atoms with Gasteiger partial charge in [-0.05, 0) is 59.2 Å². The van der Waals surface area contributed by atoms with Gasteiger partial charge in [-0.25, -0.2) is 24.3 Å². The van der Waals surface area contributed by atoms with Crippen LogP contribution in [0.2, 0.25) is 0 Å². The molecule has 7 aromatic rings. The van der Waals surface area contributed by atoms with Crippen LogP contribution >= 0.6 is 0 Å². The van der Waals surface area contributed by atoms with Crippen molar-refractivity contribution in [3.05, 3.63) is 174 Å². The summed E-state index contributed by atoms with van der Waals surface area (Å²) in [6, 6.07) is 36.9. The van der Waals surface area contributed by atoms with Crippen molar-refractivity contribution in [2.75, 3.05) is 69.5 Å². The van der Waals surface area contributed by atoms with Gasteiger partial charge in [0.25, 0.3) is 0 Å². The summed E-state index contributed by atoms with van der Waals surface area (Å²) < 4.78 is 25.7. The lowest BCUT2D eigenvalue weighted by molar-refractivity contribution is -0.179. The second kappa shape index (κ2) is 20.5. The van der Waals surface area contributed by atoms with E-state index in [2.05, 4.69) is 32.1 Å². The smallest absolute Gasteiger partial charge is 0.421 e. The quantitative estimate of drug-likeness (QED) is 0.0923. The van der Waals surface area contributed by atoms with Crippen LogP contribution in [0.3, 0.4) is 0 Å². The summed E-state index contributed by atoms with van der Waals surface area (Å²) in [5, 5.41) is 18.8. The molecule has 11 rings (SSSR count). The lowest BCUT2D eigenvalue weighted by Crippen LogP contribution is -2.59. The Morgan fingerprint density at radius 1 is 0.797 bits per heavy atom. The molecule has 6 heterocycles. The zero-order chi connectivity index (χ0) is 50.8. The van der Waals surface area contributed by atoms with Crippen molar-refractivity contribution in [3.8, 4) is 17.6 Å². The molecule has 3 amide bonds. The molecular weight excluding hydrogens is 943 g/mol. The average Bonchev–Trinajstić information content (AvgIpc) is 4.13. The van der Waals surface area contributed by atoms with Crippen LogP contribution in [0.25, 0.3) is 11.0 Å². The minimum Gasteiger partial charge on any atom is -0.491 e. The number of fused-ring (bicyclic) bond motifs is 4. The number of carbonyl (C=O) groups excluding carboxylic acids is 4. The van der Waals surface area contributed by atoms with Crippen LogP contribution in [0, 0.1) is 17.8 Å². The summed E-state index contributed by atoms with van der Waals surface area (Å²) in [5.41, 5.74) is 2.12. The molecule has 18 nitrogen and oxygen atoms in total. The number of imide groups is 1. The van der Waals surface area contributed by atoms with Gasteiger partial charge >= 0.3 is 12.1 Å². The number of aliphatic hydroxyl groups is 1. The van der Waals surface area contributed by atoms with Crippen LogP contribution in [-0.4, -0.2) is 130 Å². The third kappa shape index (κ3) is 8.34. The minimum absolute atomic E-state index is 0.0436. The molecule has 1 spiro atoms. The van der Waals surface area contributed by atoms with Gasteiger partial charge in [0, 0.05) is 56.8 Å². The van der Waals surface area contributed by atoms with Crippen LogP contribution < -0.4 is 14.5 Å². The minimum atomic E-state index is -2.10. The SMILES string of the molecule is COCCOC(=O)N1C(=O)[C@@]2(c3cc(C#CCn4nnc5ccccc54)ccc31)[C@H](c1ccccc1OCCO)N1[C@H](c3ccccc3)[C@H](c3ccccc3)OC(=O)[C@H]1[C@@H]2C(=O)N1CCN(c2ncccn2)CC1. The van der Waals surface area contributed by atoms with E-state index in [0.717, 1.165) is 16.0 Å². The van der Waals surface area contributed by atoms with E-state index >= 15 is 14.4 Å². The van der Waals surface area contributed by atoms with Crippen molar-refractivity contribution in [3.63, 3.8) is 0 Å². The summed E-state index contributed by atoms with van der Waals surface area (Å²) in [5.74, 6) is 3.72. The highest BCUT2D eigenvalue weighted by atomic mass is 16.6. The number of aliphatic hydroxyl groups excluding tert-OH is 1. The molecule has 4 aliphatic heterocycles. The number of esters is 1. The van der Waals surface area contributed by atoms with Crippen molar-refractivity contribution in [2.24, 2.45) is 5.92 Å². The van der Waals surface area contributed by atoms with Gasteiger partial charge in [0.1, 0.15) is 48.6 Å². The topological polar surface area (TPSA) is 195 Å². The average molecular weight is 994 g/mol. The van der Waals surface area contributed by atoms with Crippen LogP contribution in [0.5, 0.6) is 5.75 Å². The maximum Gasteiger partial charge on any atom is 0.421 e. The first-order valence-corrected chi connectivity index (χ1v) is 24.5. The van der Waals surface area contributed by atoms with Gasteiger partial charge < -0.3 is 33.9 Å². The van der Waals surface area contributed by atoms with Gasteiger partial charge in [-0.1, -0.05) is 108 Å². The summed E-state index contributed by atoms with van der Waals surface area (Å²) in [7, 11) is 1.47. The maximum atomic E-state index is 16.7. The molecule has 4 aliphatic rings. The Labute approximate surface area is 426 Å². The molecule has 2 aromatic heterocycles. The number of nitrogens with zero attached hydrogens (tertiary/aromatic N) is 9. The van der Waals surface area contributed by atoms with Crippen LogP contribution in [0.15, 0.2) is 146 Å². The summed E-state index contributed by atoms with van der Waals surface area (Å²) >= 11 is 0.